The van der Waals surface area contributed by atoms with E-state index in [1.54, 1.807) is 24.3 Å². The highest BCUT2D eigenvalue weighted by Crippen LogP contribution is 2.12. The maximum absolute atomic E-state index is 11.8. The number of carbonyl (C=O) groups is 2. The second kappa shape index (κ2) is 10.8. The summed E-state index contributed by atoms with van der Waals surface area (Å²) in [5.41, 5.74) is 1.19. The fourth-order valence-electron chi connectivity index (χ4n) is 2.27. The third-order valence-corrected chi connectivity index (χ3v) is 3.60. The molecule has 1 N–H and O–H groups in total. The number of hydrogen-bond acceptors (Lipinski definition) is 3. The van der Waals surface area contributed by atoms with Crippen molar-refractivity contribution in [3.63, 3.8) is 0 Å². The van der Waals surface area contributed by atoms with Gasteiger partial charge in [-0.25, -0.2) is 4.79 Å². The normalized spacial score (nSPS) is 10.3. The van der Waals surface area contributed by atoms with E-state index < -0.39 is 0 Å². The van der Waals surface area contributed by atoms with Gasteiger partial charge in [0.2, 0.25) is 5.91 Å². The second-order valence-electron chi connectivity index (χ2n) is 5.49. The number of rotatable bonds is 10. The molecule has 4 heteroatoms. The van der Waals surface area contributed by atoms with Gasteiger partial charge >= 0.3 is 5.97 Å². The lowest BCUT2D eigenvalue weighted by molar-refractivity contribution is -0.116. The van der Waals surface area contributed by atoms with E-state index in [-0.39, 0.29) is 11.9 Å². The Balaban J connectivity index is 2.20. The van der Waals surface area contributed by atoms with Gasteiger partial charge in [0.05, 0.1) is 12.7 Å². The van der Waals surface area contributed by atoms with Gasteiger partial charge in [-0.2, -0.15) is 0 Å². The number of methoxy groups -OCH3 is 1. The third-order valence-electron chi connectivity index (χ3n) is 3.60. The number of esters is 1. The van der Waals surface area contributed by atoms with E-state index in [0.717, 1.165) is 12.8 Å². The lowest BCUT2D eigenvalue weighted by Crippen LogP contribution is -2.11. The molecule has 0 saturated carbocycles. The average Bonchev–Trinajstić information content (AvgIpc) is 2.54. The van der Waals surface area contributed by atoms with Crippen molar-refractivity contribution in [3.8, 4) is 0 Å². The van der Waals surface area contributed by atoms with Crippen LogP contribution in [-0.2, 0) is 9.53 Å². The van der Waals surface area contributed by atoms with Gasteiger partial charge in [-0.05, 0) is 30.7 Å². The molecule has 1 aromatic rings. The third kappa shape index (κ3) is 7.25. The van der Waals surface area contributed by atoms with Crippen LogP contribution in [0.5, 0.6) is 0 Å². The molecule has 0 radical (unpaired) electrons. The van der Waals surface area contributed by atoms with Crippen molar-refractivity contribution in [2.45, 2.75) is 58.3 Å². The Morgan fingerprint density at radius 2 is 1.55 bits per heavy atom. The van der Waals surface area contributed by atoms with Crippen LogP contribution in [0.25, 0.3) is 0 Å². The van der Waals surface area contributed by atoms with Gasteiger partial charge in [0.25, 0.3) is 0 Å². The van der Waals surface area contributed by atoms with Crippen LogP contribution in [0.2, 0.25) is 0 Å². The molecule has 0 spiro atoms. The first-order chi connectivity index (χ1) is 10.7. The smallest absolute Gasteiger partial charge is 0.337 e. The van der Waals surface area contributed by atoms with Crippen LogP contribution in [-0.4, -0.2) is 19.0 Å². The van der Waals surface area contributed by atoms with Crippen molar-refractivity contribution in [1.29, 1.82) is 0 Å². The number of nitrogens with one attached hydrogen (secondary N) is 1. The zero-order valence-corrected chi connectivity index (χ0v) is 13.7. The van der Waals surface area contributed by atoms with E-state index >= 15 is 0 Å². The summed E-state index contributed by atoms with van der Waals surface area (Å²) in [5, 5.41) is 2.85. The summed E-state index contributed by atoms with van der Waals surface area (Å²) >= 11 is 0. The fourth-order valence-corrected chi connectivity index (χ4v) is 2.27. The number of hydrogen-bond donors (Lipinski definition) is 1. The molecule has 0 aromatic heterocycles. The second-order valence-corrected chi connectivity index (χ2v) is 5.49. The van der Waals surface area contributed by atoms with Crippen molar-refractivity contribution >= 4 is 17.6 Å². The van der Waals surface area contributed by atoms with Gasteiger partial charge < -0.3 is 10.1 Å². The number of amides is 1. The van der Waals surface area contributed by atoms with E-state index in [9.17, 15) is 9.59 Å². The lowest BCUT2D eigenvalue weighted by Gasteiger charge is -2.06. The summed E-state index contributed by atoms with van der Waals surface area (Å²) in [7, 11) is 1.35. The predicted octanol–water partition coefficient (Wildman–Crippen LogP) is 4.55. The Morgan fingerprint density at radius 3 is 2.14 bits per heavy atom. The first-order valence-electron chi connectivity index (χ1n) is 8.15. The van der Waals surface area contributed by atoms with E-state index in [0.29, 0.717) is 17.7 Å². The number of carbonyl (C=O) groups excluding carboxylic acids is 2. The molecule has 4 nitrogen and oxygen atoms in total. The molecule has 1 amide bonds. The zero-order valence-electron chi connectivity index (χ0n) is 13.7. The molecule has 0 aliphatic heterocycles. The van der Waals surface area contributed by atoms with E-state index in [1.165, 1.54) is 39.2 Å². The lowest BCUT2D eigenvalue weighted by atomic mass is 10.1. The van der Waals surface area contributed by atoms with Crippen molar-refractivity contribution in [1.82, 2.24) is 0 Å². The van der Waals surface area contributed by atoms with Gasteiger partial charge in [-0.15, -0.1) is 0 Å². The van der Waals surface area contributed by atoms with Crippen LogP contribution in [0.15, 0.2) is 24.3 Å². The molecule has 1 aromatic carbocycles. The summed E-state index contributed by atoms with van der Waals surface area (Å²) in [6.07, 6.45) is 8.93. The highest BCUT2D eigenvalue weighted by atomic mass is 16.5. The minimum Gasteiger partial charge on any atom is -0.465 e. The quantitative estimate of drug-likeness (QED) is 0.509. The summed E-state index contributed by atoms with van der Waals surface area (Å²) in [6, 6.07) is 6.73. The fraction of sp³-hybridized carbons (Fsp3) is 0.556. The average molecular weight is 305 g/mol. The van der Waals surface area contributed by atoms with Crippen LogP contribution in [0.4, 0.5) is 5.69 Å². The van der Waals surface area contributed by atoms with Gasteiger partial charge in [0.1, 0.15) is 0 Å². The summed E-state index contributed by atoms with van der Waals surface area (Å²) in [6.45, 7) is 2.21. The molecular weight excluding hydrogens is 278 g/mol. The topological polar surface area (TPSA) is 55.4 Å². The molecule has 0 heterocycles. The molecule has 1 rings (SSSR count). The molecule has 0 aliphatic carbocycles. The molecule has 0 aliphatic rings. The highest BCUT2D eigenvalue weighted by Gasteiger charge is 2.06. The number of anilines is 1. The monoisotopic (exact) mass is 305 g/mol. The van der Waals surface area contributed by atoms with Gasteiger partial charge in [-0.3, -0.25) is 4.79 Å². The zero-order chi connectivity index (χ0) is 16.2. The van der Waals surface area contributed by atoms with Gasteiger partial charge in [0.15, 0.2) is 0 Å². The largest absolute Gasteiger partial charge is 0.465 e. The minimum absolute atomic E-state index is 0.0272. The Morgan fingerprint density at radius 1 is 0.955 bits per heavy atom. The number of ether oxygens (including phenoxy) is 1. The van der Waals surface area contributed by atoms with E-state index in [1.807, 2.05) is 0 Å². The van der Waals surface area contributed by atoms with E-state index in [2.05, 4.69) is 17.0 Å². The van der Waals surface area contributed by atoms with Crippen LogP contribution >= 0.6 is 0 Å². The summed E-state index contributed by atoms with van der Waals surface area (Å²) < 4.78 is 4.63. The molecular formula is C18H27NO3. The Kier molecular flexibility index (Phi) is 8.96. The Hall–Kier alpha value is -1.84. The number of unbranched alkanes of at least 4 members (excludes halogenated alkanes) is 6. The van der Waals surface area contributed by atoms with Crippen molar-refractivity contribution in [2.75, 3.05) is 12.4 Å². The molecule has 0 fully saturated rings. The van der Waals surface area contributed by atoms with Gasteiger partial charge in [0, 0.05) is 12.1 Å². The molecule has 0 unspecified atom stereocenters. The first-order valence-corrected chi connectivity index (χ1v) is 8.15. The van der Waals surface area contributed by atoms with Crippen LogP contribution in [0.3, 0.4) is 0 Å². The van der Waals surface area contributed by atoms with Gasteiger partial charge in [-0.1, -0.05) is 45.4 Å². The van der Waals surface area contributed by atoms with Crippen LogP contribution < -0.4 is 5.32 Å². The molecule has 122 valence electrons. The molecule has 22 heavy (non-hydrogen) atoms. The van der Waals surface area contributed by atoms with Crippen molar-refractivity contribution < 1.29 is 14.3 Å². The number of benzene rings is 1. The molecule has 0 atom stereocenters. The minimum atomic E-state index is -0.374. The van der Waals surface area contributed by atoms with Crippen LogP contribution in [0, 0.1) is 0 Å². The maximum atomic E-state index is 11.8. The molecule has 0 bridgehead atoms. The predicted molar refractivity (Wildman–Crippen MR) is 89.0 cm³/mol. The van der Waals surface area contributed by atoms with Crippen molar-refractivity contribution in [2.24, 2.45) is 0 Å². The van der Waals surface area contributed by atoms with E-state index in [4.69, 9.17) is 0 Å². The Bertz CT molecular complexity index is 454. The SMILES string of the molecule is CCCCCCCCCC(=O)Nc1ccc(C(=O)OC)cc1. The highest BCUT2D eigenvalue weighted by molar-refractivity contribution is 5.92. The first kappa shape index (κ1) is 18.2. The maximum Gasteiger partial charge on any atom is 0.337 e. The summed E-state index contributed by atoms with van der Waals surface area (Å²) in [4.78, 5) is 23.1. The van der Waals surface area contributed by atoms with Crippen LogP contribution in [0.1, 0.15) is 68.6 Å². The summed E-state index contributed by atoms with van der Waals surface area (Å²) in [5.74, 6) is -0.347. The molecule has 0 saturated heterocycles. The Labute approximate surface area is 133 Å². The standard InChI is InChI=1S/C18H27NO3/c1-3-4-5-6-7-8-9-10-17(20)19-16-13-11-15(12-14-16)18(21)22-2/h11-14H,3-10H2,1-2H3,(H,19,20). The van der Waals surface area contributed by atoms with Crippen molar-refractivity contribution in [3.05, 3.63) is 29.8 Å².